The molecule has 35 heavy (non-hydrogen) atoms. The molecular formula is C30H22N2O3. The van der Waals surface area contributed by atoms with Crippen molar-refractivity contribution in [2.75, 3.05) is 0 Å². The molecule has 0 radical (unpaired) electrons. The van der Waals surface area contributed by atoms with E-state index in [1.165, 1.54) is 6.92 Å². The molecule has 0 amide bonds. The van der Waals surface area contributed by atoms with Gasteiger partial charge >= 0.3 is 0 Å². The summed E-state index contributed by atoms with van der Waals surface area (Å²) in [4.78, 5) is 29.1. The van der Waals surface area contributed by atoms with Crippen molar-refractivity contribution in [3.8, 4) is 33.5 Å². The molecule has 170 valence electrons. The van der Waals surface area contributed by atoms with Crippen molar-refractivity contribution in [1.82, 2.24) is 9.38 Å². The lowest BCUT2D eigenvalue weighted by Gasteiger charge is -2.09. The summed E-state index contributed by atoms with van der Waals surface area (Å²) in [5.74, 6) is -0.277. The molecular weight excluding hydrogens is 436 g/mol. The average molecular weight is 459 g/mol. The molecule has 0 saturated carbocycles. The van der Waals surface area contributed by atoms with E-state index in [2.05, 4.69) is 28.8 Å². The topological polar surface area (TPSA) is 64.0 Å². The fourth-order valence-corrected chi connectivity index (χ4v) is 4.45. The number of pyridine rings is 1. The Balaban J connectivity index is 1.44. The zero-order chi connectivity index (χ0) is 23.9. The van der Waals surface area contributed by atoms with Crippen molar-refractivity contribution in [2.45, 2.75) is 19.1 Å². The zero-order valence-corrected chi connectivity index (χ0v) is 19.1. The van der Waals surface area contributed by atoms with Crippen LogP contribution in [0, 0.1) is 0 Å². The van der Waals surface area contributed by atoms with Gasteiger partial charge in [0.05, 0.1) is 5.69 Å². The zero-order valence-electron chi connectivity index (χ0n) is 19.1. The van der Waals surface area contributed by atoms with Crippen molar-refractivity contribution in [3.05, 3.63) is 109 Å². The maximum absolute atomic E-state index is 12.7. The van der Waals surface area contributed by atoms with E-state index in [0.717, 1.165) is 39.2 Å². The van der Waals surface area contributed by atoms with Gasteiger partial charge in [-0.15, -0.1) is 0 Å². The first kappa shape index (κ1) is 21.2. The molecule has 0 spiro atoms. The standard InChI is InChI=1S/C30H22N2O3/c1-19(33)28-29(35-28)27(34)23-14-12-21(13-15-23)25-16-24(20-8-4-2-5-9-20)17-32-18-26(31-30(25)32)22-10-6-3-7-11-22/h2-18,28-29H,1H3. The number of aromatic nitrogens is 2. The summed E-state index contributed by atoms with van der Waals surface area (Å²) in [5, 5.41) is 0. The van der Waals surface area contributed by atoms with Gasteiger partial charge in [0.25, 0.3) is 0 Å². The maximum atomic E-state index is 12.7. The van der Waals surface area contributed by atoms with Gasteiger partial charge in [0.2, 0.25) is 0 Å². The minimum absolute atomic E-state index is 0.117. The molecule has 0 aliphatic carbocycles. The van der Waals surface area contributed by atoms with Crippen LogP contribution < -0.4 is 0 Å². The number of hydrogen-bond donors (Lipinski definition) is 0. The quantitative estimate of drug-likeness (QED) is 0.236. The van der Waals surface area contributed by atoms with Gasteiger partial charge in [-0.2, -0.15) is 0 Å². The first-order chi connectivity index (χ1) is 17.1. The summed E-state index contributed by atoms with van der Waals surface area (Å²) >= 11 is 0. The predicted molar refractivity (Wildman–Crippen MR) is 135 cm³/mol. The van der Waals surface area contributed by atoms with Gasteiger partial charge in [0.1, 0.15) is 5.65 Å². The number of carbonyl (C=O) groups is 2. The third-order valence-electron chi connectivity index (χ3n) is 6.36. The van der Waals surface area contributed by atoms with Gasteiger partial charge in [-0.25, -0.2) is 4.98 Å². The second-order valence-corrected chi connectivity index (χ2v) is 8.76. The highest BCUT2D eigenvalue weighted by atomic mass is 16.6. The highest BCUT2D eigenvalue weighted by Gasteiger charge is 2.48. The number of imidazole rings is 1. The fourth-order valence-electron chi connectivity index (χ4n) is 4.45. The fraction of sp³-hybridized carbons (Fsp3) is 0.100. The van der Waals surface area contributed by atoms with Crippen molar-refractivity contribution < 1.29 is 14.3 Å². The van der Waals surface area contributed by atoms with Gasteiger partial charge < -0.3 is 9.14 Å². The Bertz CT molecular complexity index is 1550. The molecule has 5 aromatic rings. The van der Waals surface area contributed by atoms with Crippen LogP contribution in [0.2, 0.25) is 0 Å². The highest BCUT2D eigenvalue weighted by molar-refractivity contribution is 6.06. The molecule has 5 nitrogen and oxygen atoms in total. The Morgan fingerprint density at radius 1 is 0.743 bits per heavy atom. The molecule has 1 saturated heterocycles. The normalized spacial score (nSPS) is 16.8. The summed E-state index contributed by atoms with van der Waals surface area (Å²) in [6.45, 7) is 1.44. The number of fused-ring (bicyclic) bond motifs is 1. The molecule has 1 aliphatic rings. The highest BCUT2D eigenvalue weighted by Crippen LogP contribution is 2.33. The van der Waals surface area contributed by atoms with Crippen LogP contribution in [-0.2, 0) is 9.53 Å². The van der Waals surface area contributed by atoms with Crippen LogP contribution in [0.25, 0.3) is 39.2 Å². The Morgan fingerprint density at radius 2 is 1.40 bits per heavy atom. The molecule has 2 aromatic heterocycles. The molecule has 1 aliphatic heterocycles. The largest absolute Gasteiger partial charge is 0.353 e. The Hall–Kier alpha value is -4.35. The van der Waals surface area contributed by atoms with Gasteiger partial charge in [-0.3, -0.25) is 9.59 Å². The Labute approximate surface area is 202 Å². The second-order valence-electron chi connectivity index (χ2n) is 8.76. The number of ether oxygens (including phenoxy) is 1. The molecule has 6 rings (SSSR count). The van der Waals surface area contributed by atoms with Gasteiger partial charge in [0, 0.05) is 29.1 Å². The SMILES string of the molecule is CC(=O)C1OC1C(=O)c1ccc(-c2cc(-c3ccccc3)cn3cc(-c4ccccc4)nc23)cc1. The lowest BCUT2D eigenvalue weighted by atomic mass is 9.98. The first-order valence-electron chi connectivity index (χ1n) is 11.5. The number of carbonyl (C=O) groups excluding carboxylic acids is 2. The van der Waals surface area contributed by atoms with E-state index < -0.39 is 12.2 Å². The third kappa shape index (κ3) is 3.96. The van der Waals surface area contributed by atoms with Crippen LogP contribution in [0.5, 0.6) is 0 Å². The van der Waals surface area contributed by atoms with Crippen LogP contribution in [0.1, 0.15) is 17.3 Å². The molecule has 3 heterocycles. The number of epoxide rings is 1. The first-order valence-corrected chi connectivity index (χ1v) is 11.5. The van der Waals surface area contributed by atoms with E-state index in [9.17, 15) is 9.59 Å². The molecule has 2 atom stereocenters. The van der Waals surface area contributed by atoms with Crippen molar-refractivity contribution in [2.24, 2.45) is 0 Å². The van der Waals surface area contributed by atoms with E-state index >= 15 is 0 Å². The van der Waals surface area contributed by atoms with Crippen LogP contribution in [0.4, 0.5) is 0 Å². The molecule has 0 bridgehead atoms. The second kappa shape index (κ2) is 8.46. The minimum atomic E-state index is -0.660. The van der Waals surface area contributed by atoms with Crippen molar-refractivity contribution in [1.29, 1.82) is 0 Å². The van der Waals surface area contributed by atoms with Gasteiger partial charge in [-0.1, -0.05) is 84.9 Å². The molecule has 5 heteroatoms. The predicted octanol–water partition coefficient (Wildman–Crippen LogP) is 5.87. The van der Waals surface area contributed by atoms with Crippen molar-refractivity contribution in [3.63, 3.8) is 0 Å². The summed E-state index contributed by atoms with van der Waals surface area (Å²) < 4.78 is 7.33. The van der Waals surface area contributed by atoms with Crippen molar-refractivity contribution >= 4 is 17.2 Å². The summed E-state index contributed by atoms with van der Waals surface area (Å²) in [6, 6.07) is 29.9. The van der Waals surface area contributed by atoms with Crippen LogP contribution in [0.15, 0.2) is 103 Å². The van der Waals surface area contributed by atoms with E-state index in [0.29, 0.717) is 5.56 Å². The van der Waals surface area contributed by atoms with Gasteiger partial charge in [-0.05, 0) is 29.7 Å². The van der Waals surface area contributed by atoms with E-state index in [-0.39, 0.29) is 11.6 Å². The maximum Gasteiger partial charge on any atom is 0.194 e. The minimum Gasteiger partial charge on any atom is -0.353 e. The third-order valence-corrected chi connectivity index (χ3v) is 6.36. The van der Waals surface area contributed by atoms with Crippen LogP contribution in [-0.4, -0.2) is 33.2 Å². The number of Topliss-reactive ketones (excluding diaryl/α,β-unsaturated/α-hetero) is 2. The lowest BCUT2D eigenvalue weighted by molar-refractivity contribution is -0.118. The number of benzene rings is 3. The number of nitrogens with zero attached hydrogens (tertiary/aromatic N) is 2. The van der Waals surface area contributed by atoms with E-state index in [4.69, 9.17) is 9.72 Å². The molecule has 0 N–H and O–H groups in total. The van der Waals surface area contributed by atoms with Crippen LogP contribution in [0.3, 0.4) is 0 Å². The summed E-state index contributed by atoms with van der Waals surface area (Å²) in [7, 11) is 0. The summed E-state index contributed by atoms with van der Waals surface area (Å²) in [6.07, 6.45) is 2.88. The van der Waals surface area contributed by atoms with E-state index in [1.807, 2.05) is 66.9 Å². The van der Waals surface area contributed by atoms with Crippen LogP contribution >= 0.6 is 0 Å². The lowest BCUT2D eigenvalue weighted by Crippen LogP contribution is -2.14. The molecule has 1 fully saturated rings. The Morgan fingerprint density at radius 3 is 2.03 bits per heavy atom. The molecule has 3 aromatic carbocycles. The van der Waals surface area contributed by atoms with Gasteiger partial charge in [0.15, 0.2) is 23.8 Å². The molecule has 2 unspecified atom stereocenters. The number of hydrogen-bond acceptors (Lipinski definition) is 4. The van der Waals surface area contributed by atoms with E-state index in [1.54, 1.807) is 12.1 Å². The number of ketones is 2. The Kier molecular flexibility index (Phi) is 5.12. The summed E-state index contributed by atoms with van der Waals surface area (Å²) in [5.41, 5.74) is 7.42. The smallest absolute Gasteiger partial charge is 0.194 e. The number of rotatable bonds is 6. The monoisotopic (exact) mass is 458 g/mol. The average Bonchev–Trinajstić information content (AvgIpc) is 3.60.